The molecule has 0 unspecified atom stereocenters. The van der Waals surface area contributed by atoms with Gasteiger partial charge in [-0.1, -0.05) is 48.0 Å². The molecule has 0 aliphatic rings. The molecular formula is C23H18ClFN4O. The molecule has 4 aromatic rings. The summed E-state index contributed by atoms with van der Waals surface area (Å²) in [5.74, 6) is -0.319. The molecule has 1 aromatic heterocycles. The van der Waals surface area contributed by atoms with Gasteiger partial charge >= 0.3 is 0 Å². The van der Waals surface area contributed by atoms with Crippen LogP contribution >= 0.6 is 11.6 Å². The zero-order valence-corrected chi connectivity index (χ0v) is 16.9. The Morgan fingerprint density at radius 2 is 1.80 bits per heavy atom. The lowest BCUT2D eigenvalue weighted by molar-refractivity contribution is 0.0940. The van der Waals surface area contributed by atoms with Crippen LogP contribution < -0.4 is 5.32 Å². The van der Waals surface area contributed by atoms with E-state index in [1.807, 2.05) is 43.3 Å². The number of amides is 1. The minimum atomic E-state index is -0.402. The molecule has 7 heteroatoms. The lowest BCUT2D eigenvalue weighted by atomic mass is 10.1. The van der Waals surface area contributed by atoms with E-state index >= 15 is 0 Å². The molecule has 0 aliphatic carbocycles. The second-order valence-corrected chi connectivity index (χ2v) is 7.21. The predicted octanol–water partition coefficient (Wildman–Crippen LogP) is 4.97. The number of aryl methyl sites for hydroxylation is 1. The van der Waals surface area contributed by atoms with Crippen molar-refractivity contribution in [3.63, 3.8) is 0 Å². The Balaban J connectivity index is 1.73. The summed E-state index contributed by atoms with van der Waals surface area (Å²) < 4.78 is 15.0. The van der Waals surface area contributed by atoms with Gasteiger partial charge in [0.05, 0.1) is 5.69 Å². The number of carbonyl (C=O) groups excluding carboxylic acids is 1. The standard InChI is InChI=1S/C23H18ClFN4O/c1-15-7-10-18(24)13-20(15)29-22(17-8-11-19(25)12-9-17)27-21(28-29)23(30)26-14-16-5-3-2-4-6-16/h2-13H,14H2,1H3,(H,26,30). The van der Waals surface area contributed by atoms with E-state index in [4.69, 9.17) is 11.6 Å². The molecular weight excluding hydrogens is 403 g/mol. The highest BCUT2D eigenvalue weighted by Gasteiger charge is 2.20. The summed E-state index contributed by atoms with van der Waals surface area (Å²) in [5, 5.41) is 7.80. The van der Waals surface area contributed by atoms with Crippen molar-refractivity contribution in [2.24, 2.45) is 0 Å². The Bertz CT molecular complexity index is 1190. The topological polar surface area (TPSA) is 59.8 Å². The van der Waals surface area contributed by atoms with E-state index in [-0.39, 0.29) is 11.6 Å². The van der Waals surface area contributed by atoms with E-state index < -0.39 is 5.91 Å². The fourth-order valence-electron chi connectivity index (χ4n) is 3.03. The third kappa shape index (κ3) is 4.23. The molecule has 4 rings (SSSR count). The largest absolute Gasteiger partial charge is 0.345 e. The molecule has 5 nitrogen and oxygen atoms in total. The van der Waals surface area contributed by atoms with E-state index in [9.17, 15) is 9.18 Å². The molecule has 1 amide bonds. The van der Waals surface area contributed by atoms with Gasteiger partial charge in [0.1, 0.15) is 5.82 Å². The van der Waals surface area contributed by atoms with Crippen molar-refractivity contribution in [2.75, 3.05) is 0 Å². The van der Waals surface area contributed by atoms with Gasteiger partial charge in [0.25, 0.3) is 5.91 Å². The Hall–Kier alpha value is -3.51. The van der Waals surface area contributed by atoms with Gasteiger partial charge < -0.3 is 5.32 Å². The molecule has 3 aromatic carbocycles. The Labute approximate surface area is 178 Å². The highest BCUT2D eigenvalue weighted by atomic mass is 35.5. The number of hydrogen-bond acceptors (Lipinski definition) is 3. The molecule has 0 spiro atoms. The van der Waals surface area contributed by atoms with Crippen LogP contribution in [0.4, 0.5) is 4.39 Å². The van der Waals surface area contributed by atoms with E-state index in [1.165, 1.54) is 12.1 Å². The highest BCUT2D eigenvalue weighted by Crippen LogP contribution is 2.25. The molecule has 0 radical (unpaired) electrons. The highest BCUT2D eigenvalue weighted by molar-refractivity contribution is 6.30. The molecule has 150 valence electrons. The summed E-state index contributed by atoms with van der Waals surface area (Å²) in [6, 6.07) is 20.8. The molecule has 0 bridgehead atoms. The van der Waals surface area contributed by atoms with E-state index in [0.717, 1.165) is 11.1 Å². The normalized spacial score (nSPS) is 10.8. The number of halogens is 2. The van der Waals surface area contributed by atoms with Crippen molar-refractivity contribution in [1.82, 2.24) is 20.1 Å². The third-order valence-electron chi connectivity index (χ3n) is 4.61. The van der Waals surface area contributed by atoms with Crippen LogP contribution in [0.2, 0.25) is 5.02 Å². The van der Waals surface area contributed by atoms with Gasteiger partial charge in [0.2, 0.25) is 5.82 Å². The van der Waals surface area contributed by atoms with Gasteiger partial charge in [-0.05, 0) is 54.4 Å². The van der Waals surface area contributed by atoms with Gasteiger partial charge in [-0.3, -0.25) is 4.79 Å². The Morgan fingerprint density at radius 3 is 2.53 bits per heavy atom. The fraction of sp³-hybridized carbons (Fsp3) is 0.0870. The monoisotopic (exact) mass is 420 g/mol. The second-order valence-electron chi connectivity index (χ2n) is 6.78. The first kappa shape index (κ1) is 19.8. The van der Waals surface area contributed by atoms with Gasteiger partial charge in [-0.25, -0.2) is 14.1 Å². The molecule has 1 heterocycles. The quantitative estimate of drug-likeness (QED) is 0.496. The van der Waals surface area contributed by atoms with Crippen LogP contribution in [0.25, 0.3) is 17.1 Å². The minimum absolute atomic E-state index is 0.0182. The fourth-order valence-corrected chi connectivity index (χ4v) is 3.20. The van der Waals surface area contributed by atoms with Crippen LogP contribution in [0, 0.1) is 12.7 Å². The molecule has 0 fully saturated rings. The molecule has 0 atom stereocenters. The maximum Gasteiger partial charge on any atom is 0.291 e. The van der Waals surface area contributed by atoms with Crippen LogP contribution in [0.15, 0.2) is 72.8 Å². The van der Waals surface area contributed by atoms with Gasteiger partial charge in [-0.15, -0.1) is 5.10 Å². The number of nitrogens with zero attached hydrogens (tertiary/aromatic N) is 3. The van der Waals surface area contributed by atoms with Crippen LogP contribution in [0.3, 0.4) is 0 Å². The van der Waals surface area contributed by atoms with Crippen molar-refractivity contribution >= 4 is 17.5 Å². The molecule has 0 aliphatic heterocycles. The van der Waals surface area contributed by atoms with E-state index in [2.05, 4.69) is 15.4 Å². The summed E-state index contributed by atoms with van der Waals surface area (Å²) in [6.45, 7) is 2.27. The SMILES string of the molecule is Cc1ccc(Cl)cc1-n1nc(C(=O)NCc2ccccc2)nc1-c1ccc(F)cc1. The predicted molar refractivity (Wildman–Crippen MR) is 114 cm³/mol. The third-order valence-corrected chi connectivity index (χ3v) is 4.84. The van der Waals surface area contributed by atoms with Crippen molar-refractivity contribution in [3.05, 3.63) is 101 Å². The van der Waals surface area contributed by atoms with Crippen LogP contribution in [0.5, 0.6) is 0 Å². The van der Waals surface area contributed by atoms with Crippen molar-refractivity contribution in [3.8, 4) is 17.1 Å². The molecule has 1 N–H and O–H groups in total. The van der Waals surface area contributed by atoms with Crippen molar-refractivity contribution in [2.45, 2.75) is 13.5 Å². The average Bonchev–Trinajstić information content (AvgIpc) is 3.20. The summed E-state index contributed by atoms with van der Waals surface area (Å²) in [4.78, 5) is 17.2. The number of nitrogens with one attached hydrogen (secondary N) is 1. The zero-order chi connectivity index (χ0) is 21.1. The Morgan fingerprint density at radius 1 is 1.07 bits per heavy atom. The van der Waals surface area contributed by atoms with Gasteiger partial charge in [0, 0.05) is 17.1 Å². The average molecular weight is 421 g/mol. The summed E-state index contributed by atoms with van der Waals surface area (Å²) in [7, 11) is 0. The first-order chi connectivity index (χ1) is 14.5. The first-order valence-corrected chi connectivity index (χ1v) is 9.71. The maximum absolute atomic E-state index is 13.4. The summed E-state index contributed by atoms with van der Waals surface area (Å²) in [6.07, 6.45) is 0. The number of rotatable bonds is 5. The maximum atomic E-state index is 13.4. The smallest absolute Gasteiger partial charge is 0.291 e. The first-order valence-electron chi connectivity index (χ1n) is 9.33. The summed E-state index contributed by atoms with van der Waals surface area (Å²) >= 11 is 6.18. The van der Waals surface area contributed by atoms with Crippen molar-refractivity contribution < 1.29 is 9.18 Å². The van der Waals surface area contributed by atoms with E-state index in [1.54, 1.807) is 28.9 Å². The summed E-state index contributed by atoms with van der Waals surface area (Å²) in [5.41, 5.74) is 3.19. The second kappa shape index (κ2) is 8.47. The lowest BCUT2D eigenvalue weighted by Crippen LogP contribution is -2.24. The molecule has 0 saturated heterocycles. The number of hydrogen-bond donors (Lipinski definition) is 1. The minimum Gasteiger partial charge on any atom is -0.345 e. The van der Waals surface area contributed by atoms with Crippen molar-refractivity contribution in [1.29, 1.82) is 0 Å². The molecule has 30 heavy (non-hydrogen) atoms. The Kier molecular flexibility index (Phi) is 5.59. The van der Waals surface area contributed by atoms with Gasteiger partial charge in [0.15, 0.2) is 5.82 Å². The number of benzene rings is 3. The number of aromatic nitrogens is 3. The lowest BCUT2D eigenvalue weighted by Gasteiger charge is -2.09. The van der Waals surface area contributed by atoms with Crippen LogP contribution in [-0.4, -0.2) is 20.7 Å². The van der Waals surface area contributed by atoms with E-state index in [0.29, 0.717) is 28.6 Å². The zero-order valence-electron chi connectivity index (χ0n) is 16.1. The number of carbonyl (C=O) groups is 1. The van der Waals surface area contributed by atoms with Crippen LogP contribution in [-0.2, 0) is 6.54 Å². The van der Waals surface area contributed by atoms with Crippen LogP contribution in [0.1, 0.15) is 21.7 Å². The molecule has 0 saturated carbocycles. The van der Waals surface area contributed by atoms with Gasteiger partial charge in [-0.2, -0.15) is 0 Å².